The Bertz CT molecular complexity index is 326. The summed E-state index contributed by atoms with van der Waals surface area (Å²) >= 11 is 0. The second-order valence-corrected chi connectivity index (χ2v) is 12.4. The van der Waals surface area contributed by atoms with Crippen LogP contribution >= 0.6 is 0 Å². The van der Waals surface area contributed by atoms with Gasteiger partial charge in [0.25, 0.3) is 0 Å². The standard InChI is InChI=1S/C14H29N3OSi/c1-14(2,3)19(4,5)18-13-9-11-7-6-8-12(10-13)17(11)16-15/h11-13,15H,6-10H2,1-5H3. The van der Waals surface area contributed by atoms with Crippen LogP contribution in [0, 0.1) is 5.53 Å². The van der Waals surface area contributed by atoms with E-state index in [1.165, 1.54) is 19.3 Å². The lowest BCUT2D eigenvalue weighted by Crippen LogP contribution is -2.54. The van der Waals surface area contributed by atoms with Crippen LogP contribution < -0.4 is 0 Å². The number of rotatable bonds is 3. The molecule has 0 aromatic carbocycles. The van der Waals surface area contributed by atoms with Crippen molar-refractivity contribution in [2.75, 3.05) is 0 Å². The highest BCUT2D eigenvalue weighted by molar-refractivity contribution is 6.74. The molecule has 2 bridgehead atoms. The Morgan fingerprint density at radius 3 is 2.11 bits per heavy atom. The maximum absolute atomic E-state index is 7.36. The van der Waals surface area contributed by atoms with E-state index < -0.39 is 8.32 Å². The van der Waals surface area contributed by atoms with Gasteiger partial charge in [-0.3, -0.25) is 5.01 Å². The van der Waals surface area contributed by atoms with Gasteiger partial charge in [-0.15, -0.1) is 0 Å². The van der Waals surface area contributed by atoms with Gasteiger partial charge in [0, 0.05) is 6.10 Å². The van der Waals surface area contributed by atoms with Crippen molar-refractivity contribution in [1.29, 1.82) is 5.53 Å². The summed E-state index contributed by atoms with van der Waals surface area (Å²) in [4.78, 5) is 0. The largest absolute Gasteiger partial charge is 0.414 e. The molecule has 2 aliphatic heterocycles. The fourth-order valence-corrected chi connectivity index (χ4v) is 4.54. The van der Waals surface area contributed by atoms with Crippen molar-refractivity contribution in [3.63, 3.8) is 0 Å². The summed E-state index contributed by atoms with van der Waals surface area (Å²) in [5.41, 5.74) is 7.36. The third-order valence-corrected chi connectivity index (χ3v) is 9.81. The molecule has 0 amide bonds. The molecule has 19 heavy (non-hydrogen) atoms. The molecule has 2 heterocycles. The molecule has 0 spiro atoms. The van der Waals surface area contributed by atoms with Crippen molar-refractivity contribution in [3.05, 3.63) is 0 Å². The molecule has 0 aliphatic carbocycles. The van der Waals surface area contributed by atoms with E-state index in [2.05, 4.69) is 39.1 Å². The molecule has 110 valence electrons. The van der Waals surface area contributed by atoms with Crippen LogP contribution in [0.25, 0.3) is 0 Å². The maximum atomic E-state index is 7.36. The first kappa shape index (κ1) is 15.0. The van der Waals surface area contributed by atoms with Gasteiger partial charge in [0.15, 0.2) is 8.32 Å². The van der Waals surface area contributed by atoms with Crippen LogP contribution in [0.2, 0.25) is 18.1 Å². The highest BCUT2D eigenvalue weighted by atomic mass is 28.4. The molecule has 2 rings (SSSR count). The lowest BCUT2D eigenvalue weighted by molar-refractivity contribution is -0.0273. The van der Waals surface area contributed by atoms with Crippen LogP contribution in [-0.2, 0) is 4.43 Å². The Kier molecular flexibility index (Phi) is 4.07. The van der Waals surface area contributed by atoms with Crippen molar-refractivity contribution < 1.29 is 4.43 Å². The normalized spacial score (nSPS) is 32.3. The van der Waals surface area contributed by atoms with Crippen LogP contribution in [0.15, 0.2) is 5.22 Å². The van der Waals surface area contributed by atoms with E-state index >= 15 is 0 Å². The van der Waals surface area contributed by atoms with Gasteiger partial charge in [0.2, 0.25) is 0 Å². The molecule has 4 nitrogen and oxygen atoms in total. The fourth-order valence-electron chi connectivity index (χ4n) is 3.16. The first-order valence-corrected chi connectivity index (χ1v) is 10.5. The third-order valence-electron chi connectivity index (χ3n) is 5.28. The number of fused-ring (bicyclic) bond motifs is 2. The van der Waals surface area contributed by atoms with Gasteiger partial charge in [-0.1, -0.05) is 26.0 Å². The molecular formula is C14H29N3OSi. The Hall–Kier alpha value is -0.423. The molecular weight excluding hydrogens is 254 g/mol. The monoisotopic (exact) mass is 283 g/mol. The molecule has 2 saturated heterocycles. The lowest BCUT2D eigenvalue weighted by Gasteiger charge is -2.49. The topological polar surface area (TPSA) is 48.7 Å². The molecule has 2 atom stereocenters. The van der Waals surface area contributed by atoms with Crippen LogP contribution in [-0.4, -0.2) is 31.5 Å². The van der Waals surface area contributed by atoms with Gasteiger partial charge < -0.3 is 4.43 Å². The molecule has 5 heteroatoms. The fraction of sp³-hybridized carbons (Fsp3) is 1.00. The van der Waals surface area contributed by atoms with E-state index in [9.17, 15) is 0 Å². The summed E-state index contributed by atoms with van der Waals surface area (Å²) in [6, 6.07) is 0.888. The van der Waals surface area contributed by atoms with E-state index in [-0.39, 0.29) is 5.04 Å². The van der Waals surface area contributed by atoms with Crippen molar-refractivity contribution in [1.82, 2.24) is 5.01 Å². The molecule has 1 N–H and O–H groups in total. The Labute approximate surface area is 118 Å². The quantitative estimate of drug-likeness (QED) is 0.618. The second-order valence-electron chi connectivity index (χ2n) is 7.69. The maximum Gasteiger partial charge on any atom is 0.192 e. The molecule has 2 aliphatic rings. The lowest BCUT2D eigenvalue weighted by atomic mass is 9.84. The second kappa shape index (κ2) is 5.17. The van der Waals surface area contributed by atoms with Crippen LogP contribution in [0.4, 0.5) is 0 Å². The summed E-state index contributed by atoms with van der Waals surface area (Å²) in [5, 5.41) is 6.06. The number of piperidine rings is 2. The van der Waals surface area contributed by atoms with Gasteiger partial charge in [-0.25, -0.2) is 0 Å². The molecule has 0 radical (unpaired) electrons. The van der Waals surface area contributed by atoms with Crippen LogP contribution in [0.1, 0.15) is 52.9 Å². The minimum atomic E-state index is -1.67. The predicted octanol–water partition coefficient (Wildman–Crippen LogP) is 4.34. The number of nitrogens with one attached hydrogen (secondary N) is 1. The third kappa shape index (κ3) is 3.02. The summed E-state index contributed by atoms with van der Waals surface area (Å²) < 4.78 is 6.58. The smallest absolute Gasteiger partial charge is 0.192 e. The molecule has 0 aromatic heterocycles. The Morgan fingerprint density at radius 2 is 1.68 bits per heavy atom. The number of hydrogen-bond acceptors (Lipinski definition) is 3. The van der Waals surface area contributed by atoms with E-state index in [4.69, 9.17) is 9.96 Å². The first-order valence-electron chi connectivity index (χ1n) is 7.58. The highest BCUT2D eigenvalue weighted by Crippen LogP contribution is 2.41. The van der Waals surface area contributed by atoms with E-state index in [1.807, 2.05) is 5.01 Å². The van der Waals surface area contributed by atoms with Crippen LogP contribution in [0.3, 0.4) is 0 Å². The predicted molar refractivity (Wildman–Crippen MR) is 79.7 cm³/mol. The van der Waals surface area contributed by atoms with Crippen molar-refractivity contribution >= 4 is 8.32 Å². The van der Waals surface area contributed by atoms with E-state index in [0.717, 1.165) is 12.8 Å². The average molecular weight is 283 g/mol. The minimum Gasteiger partial charge on any atom is -0.414 e. The van der Waals surface area contributed by atoms with Crippen molar-refractivity contribution in [3.8, 4) is 0 Å². The van der Waals surface area contributed by atoms with Crippen molar-refractivity contribution in [2.45, 2.75) is 89.2 Å². The number of hydrogen-bond donors (Lipinski definition) is 1. The minimum absolute atomic E-state index is 0.277. The van der Waals surface area contributed by atoms with Gasteiger partial charge in [0.1, 0.15) is 0 Å². The van der Waals surface area contributed by atoms with Gasteiger partial charge in [-0.2, -0.15) is 5.53 Å². The van der Waals surface area contributed by atoms with Crippen molar-refractivity contribution in [2.24, 2.45) is 5.22 Å². The molecule has 2 fully saturated rings. The van der Waals surface area contributed by atoms with Gasteiger partial charge >= 0.3 is 0 Å². The summed E-state index contributed by atoms with van der Waals surface area (Å²) in [6.07, 6.45) is 6.14. The Morgan fingerprint density at radius 1 is 1.16 bits per heavy atom. The van der Waals surface area contributed by atoms with E-state index in [0.29, 0.717) is 18.2 Å². The SMILES string of the molecule is CC(C)(C)[Si](C)(C)OC1CC2CCCC(C1)N2N=N. The summed E-state index contributed by atoms with van der Waals surface area (Å²) in [7, 11) is -1.67. The van der Waals surface area contributed by atoms with E-state index in [1.54, 1.807) is 0 Å². The van der Waals surface area contributed by atoms with Gasteiger partial charge in [0.05, 0.1) is 12.1 Å². The zero-order chi connectivity index (χ0) is 14.3. The summed E-state index contributed by atoms with van der Waals surface area (Å²) in [6.45, 7) is 11.6. The zero-order valence-corrected chi connectivity index (χ0v) is 14.1. The Balaban J connectivity index is 2.03. The summed E-state index contributed by atoms with van der Waals surface area (Å²) in [5.74, 6) is 0. The number of nitrogens with zero attached hydrogens (tertiary/aromatic N) is 2. The molecule has 0 aromatic rings. The van der Waals surface area contributed by atoms with Gasteiger partial charge in [-0.05, 0) is 50.2 Å². The van der Waals surface area contributed by atoms with Crippen LogP contribution in [0.5, 0.6) is 0 Å². The molecule has 2 unspecified atom stereocenters. The zero-order valence-electron chi connectivity index (χ0n) is 13.1. The first-order chi connectivity index (χ1) is 8.74. The molecule has 0 saturated carbocycles. The average Bonchev–Trinajstić information content (AvgIpc) is 2.25. The highest BCUT2D eigenvalue weighted by Gasteiger charge is 2.44.